The molecule has 30 heavy (non-hydrogen) atoms. The maximum atomic E-state index is 12.6. The molecule has 0 spiro atoms. The first kappa shape index (κ1) is 21.6. The number of ether oxygens (including phenoxy) is 3. The summed E-state index contributed by atoms with van der Waals surface area (Å²) in [6, 6.07) is 15.1. The molecule has 2 aromatic carbocycles. The molecule has 6 nitrogen and oxygen atoms in total. The van der Waals surface area contributed by atoms with E-state index in [4.69, 9.17) is 26.4 Å². The quantitative estimate of drug-likeness (QED) is 0.395. The zero-order valence-electron chi connectivity index (χ0n) is 17.1. The molecule has 1 aromatic heterocycles. The number of aryl methyl sites for hydroxylation is 1. The SMILES string of the molecule is COC(=O)c1c(NC(=S)Nc2cc(OC)ccc2OC)sc(C)c1-c1ccccc1. The summed E-state index contributed by atoms with van der Waals surface area (Å²) in [5.41, 5.74) is 2.86. The van der Waals surface area contributed by atoms with Crippen molar-refractivity contribution in [3.05, 3.63) is 59.0 Å². The summed E-state index contributed by atoms with van der Waals surface area (Å²) in [7, 11) is 4.53. The van der Waals surface area contributed by atoms with Crippen LogP contribution in [0.2, 0.25) is 0 Å². The number of nitrogens with one attached hydrogen (secondary N) is 2. The molecule has 3 rings (SSSR count). The molecule has 8 heteroatoms. The number of benzene rings is 2. The van der Waals surface area contributed by atoms with Gasteiger partial charge in [-0.15, -0.1) is 11.3 Å². The van der Waals surface area contributed by atoms with Gasteiger partial charge in [0.1, 0.15) is 22.1 Å². The van der Waals surface area contributed by atoms with Crippen LogP contribution in [0.5, 0.6) is 11.5 Å². The van der Waals surface area contributed by atoms with Crippen molar-refractivity contribution in [2.24, 2.45) is 0 Å². The molecule has 0 saturated heterocycles. The number of hydrogen-bond acceptors (Lipinski definition) is 6. The van der Waals surface area contributed by atoms with Crippen LogP contribution in [0.4, 0.5) is 10.7 Å². The maximum absolute atomic E-state index is 12.6. The van der Waals surface area contributed by atoms with Gasteiger partial charge in [-0.3, -0.25) is 0 Å². The van der Waals surface area contributed by atoms with Crippen molar-refractivity contribution >= 4 is 45.3 Å². The Kier molecular flexibility index (Phi) is 6.91. The lowest BCUT2D eigenvalue weighted by Gasteiger charge is -2.14. The predicted molar refractivity (Wildman–Crippen MR) is 125 cm³/mol. The number of carbonyl (C=O) groups excluding carboxylic acids is 1. The Morgan fingerprint density at radius 2 is 1.73 bits per heavy atom. The number of thiophene rings is 1. The van der Waals surface area contributed by atoms with Crippen molar-refractivity contribution in [2.45, 2.75) is 6.92 Å². The Bertz CT molecular complexity index is 1060. The van der Waals surface area contributed by atoms with Gasteiger partial charge in [0.2, 0.25) is 0 Å². The molecule has 0 atom stereocenters. The lowest BCUT2D eigenvalue weighted by atomic mass is 10.0. The first-order valence-electron chi connectivity index (χ1n) is 9.05. The van der Waals surface area contributed by atoms with E-state index in [9.17, 15) is 4.79 Å². The molecule has 0 aliphatic rings. The van der Waals surface area contributed by atoms with E-state index in [2.05, 4.69) is 10.6 Å². The molecule has 1 heterocycles. The van der Waals surface area contributed by atoms with Crippen LogP contribution < -0.4 is 20.1 Å². The Hall–Kier alpha value is -3.10. The van der Waals surface area contributed by atoms with Crippen molar-refractivity contribution in [3.63, 3.8) is 0 Å². The van der Waals surface area contributed by atoms with Crippen LogP contribution in [0, 0.1) is 6.92 Å². The number of anilines is 2. The van der Waals surface area contributed by atoms with Crippen LogP contribution in [0.25, 0.3) is 11.1 Å². The number of esters is 1. The van der Waals surface area contributed by atoms with Crippen LogP contribution in [-0.4, -0.2) is 32.4 Å². The maximum Gasteiger partial charge on any atom is 0.341 e. The second-order valence-corrected chi connectivity index (χ2v) is 7.87. The molecule has 2 N–H and O–H groups in total. The molecule has 0 aliphatic carbocycles. The van der Waals surface area contributed by atoms with Crippen LogP contribution >= 0.6 is 23.6 Å². The van der Waals surface area contributed by atoms with Gasteiger partial charge in [-0.05, 0) is 36.8 Å². The summed E-state index contributed by atoms with van der Waals surface area (Å²) in [5.74, 6) is 0.845. The monoisotopic (exact) mass is 442 g/mol. The minimum absolute atomic E-state index is 0.313. The zero-order valence-corrected chi connectivity index (χ0v) is 18.7. The Labute approximate surface area is 184 Å². The molecular formula is C22H22N2O4S2. The lowest BCUT2D eigenvalue weighted by Crippen LogP contribution is -2.20. The lowest BCUT2D eigenvalue weighted by molar-refractivity contribution is 0.0603. The molecule has 0 saturated carbocycles. The molecule has 156 valence electrons. The van der Waals surface area contributed by atoms with E-state index in [1.54, 1.807) is 32.4 Å². The summed E-state index contributed by atoms with van der Waals surface area (Å²) in [6.07, 6.45) is 0. The smallest absolute Gasteiger partial charge is 0.341 e. The largest absolute Gasteiger partial charge is 0.497 e. The summed E-state index contributed by atoms with van der Waals surface area (Å²) in [4.78, 5) is 13.6. The first-order valence-corrected chi connectivity index (χ1v) is 10.3. The van der Waals surface area contributed by atoms with E-state index in [1.165, 1.54) is 18.4 Å². The number of rotatable bonds is 6. The second kappa shape index (κ2) is 9.60. The third-order valence-corrected chi connectivity index (χ3v) is 5.64. The molecule has 3 aromatic rings. The van der Waals surface area contributed by atoms with E-state index in [0.29, 0.717) is 32.9 Å². The van der Waals surface area contributed by atoms with Gasteiger partial charge in [-0.1, -0.05) is 30.3 Å². The van der Waals surface area contributed by atoms with Crippen LogP contribution in [0.15, 0.2) is 48.5 Å². The van der Waals surface area contributed by atoms with Crippen molar-refractivity contribution in [3.8, 4) is 22.6 Å². The van der Waals surface area contributed by atoms with Crippen molar-refractivity contribution in [1.29, 1.82) is 0 Å². The summed E-state index contributed by atoms with van der Waals surface area (Å²) < 4.78 is 15.7. The minimum Gasteiger partial charge on any atom is -0.497 e. The van der Waals surface area contributed by atoms with Crippen molar-refractivity contribution < 1.29 is 19.0 Å². The number of thiocarbonyl (C=S) groups is 1. The van der Waals surface area contributed by atoms with Crippen molar-refractivity contribution in [2.75, 3.05) is 32.0 Å². The normalized spacial score (nSPS) is 10.3. The predicted octanol–water partition coefficient (Wildman–Crippen LogP) is 5.34. The molecule has 0 unspecified atom stereocenters. The third kappa shape index (κ3) is 4.55. The molecule has 0 fully saturated rings. The van der Waals surface area contributed by atoms with Crippen LogP contribution in [-0.2, 0) is 4.74 Å². The van der Waals surface area contributed by atoms with Gasteiger partial charge < -0.3 is 24.8 Å². The highest BCUT2D eigenvalue weighted by Crippen LogP contribution is 2.40. The van der Waals surface area contributed by atoms with Gasteiger partial charge >= 0.3 is 5.97 Å². The molecule has 0 radical (unpaired) electrons. The minimum atomic E-state index is -0.428. The number of hydrogen-bond donors (Lipinski definition) is 2. The first-order chi connectivity index (χ1) is 14.5. The van der Waals surface area contributed by atoms with Crippen LogP contribution in [0.1, 0.15) is 15.2 Å². The molecule has 0 bridgehead atoms. The zero-order chi connectivity index (χ0) is 21.7. The van der Waals surface area contributed by atoms with E-state index < -0.39 is 5.97 Å². The standard InChI is InChI=1S/C22H22N2O4S2/c1-13-18(14-8-6-5-7-9-14)19(21(25)28-4)20(30-13)24-22(29)23-16-12-15(26-2)10-11-17(16)27-3/h5-12H,1-4H3,(H2,23,24,29). The summed E-state index contributed by atoms with van der Waals surface area (Å²) >= 11 is 6.93. The highest BCUT2D eigenvalue weighted by atomic mass is 32.1. The fourth-order valence-electron chi connectivity index (χ4n) is 3.05. The summed E-state index contributed by atoms with van der Waals surface area (Å²) in [5, 5.41) is 7.16. The van der Waals surface area contributed by atoms with Crippen molar-refractivity contribution in [1.82, 2.24) is 0 Å². The van der Waals surface area contributed by atoms with Gasteiger partial charge in [-0.25, -0.2) is 4.79 Å². The van der Waals surface area contributed by atoms with E-state index >= 15 is 0 Å². The number of methoxy groups -OCH3 is 3. The Morgan fingerprint density at radius 3 is 2.37 bits per heavy atom. The topological polar surface area (TPSA) is 68.8 Å². The van der Waals surface area contributed by atoms with E-state index in [0.717, 1.165) is 16.0 Å². The highest BCUT2D eigenvalue weighted by Gasteiger charge is 2.24. The average Bonchev–Trinajstić information content (AvgIpc) is 3.08. The van der Waals surface area contributed by atoms with Gasteiger partial charge in [0.05, 0.1) is 27.0 Å². The third-order valence-electron chi connectivity index (χ3n) is 4.42. The number of carbonyl (C=O) groups is 1. The second-order valence-electron chi connectivity index (χ2n) is 6.24. The average molecular weight is 443 g/mol. The van der Waals surface area contributed by atoms with E-state index in [-0.39, 0.29) is 0 Å². The Balaban J connectivity index is 1.94. The van der Waals surface area contributed by atoms with Gasteiger partial charge in [-0.2, -0.15) is 0 Å². The highest BCUT2D eigenvalue weighted by molar-refractivity contribution is 7.80. The van der Waals surface area contributed by atoms with E-state index in [1.807, 2.05) is 37.3 Å². The molecule has 0 amide bonds. The Morgan fingerprint density at radius 1 is 1.00 bits per heavy atom. The van der Waals surface area contributed by atoms with Gasteiger partial charge in [0.15, 0.2) is 5.11 Å². The summed E-state index contributed by atoms with van der Waals surface area (Å²) in [6.45, 7) is 1.96. The molecule has 0 aliphatic heterocycles. The van der Waals surface area contributed by atoms with Gasteiger partial charge in [0.25, 0.3) is 0 Å². The fraction of sp³-hybridized carbons (Fsp3) is 0.182. The molecular weight excluding hydrogens is 420 g/mol. The van der Waals surface area contributed by atoms with Gasteiger partial charge in [0, 0.05) is 16.5 Å². The fourth-order valence-corrected chi connectivity index (χ4v) is 4.40. The van der Waals surface area contributed by atoms with Crippen LogP contribution in [0.3, 0.4) is 0 Å².